The van der Waals surface area contributed by atoms with Gasteiger partial charge in [-0.25, -0.2) is 14.4 Å². The highest BCUT2D eigenvalue weighted by atomic mass is 16.6. The summed E-state index contributed by atoms with van der Waals surface area (Å²) in [6, 6.07) is 10.2. The fourth-order valence-electron chi connectivity index (χ4n) is 4.55. The van der Waals surface area contributed by atoms with Crippen molar-refractivity contribution in [1.29, 1.82) is 0 Å². The molecule has 12 nitrogen and oxygen atoms in total. The number of fused-ring (bicyclic) bond motifs is 1. The summed E-state index contributed by atoms with van der Waals surface area (Å²) in [5.74, 6) is -2.21. The Bertz CT molecular complexity index is 1350. The van der Waals surface area contributed by atoms with Crippen LogP contribution in [0.4, 0.5) is 4.79 Å². The second kappa shape index (κ2) is 17.5. The molecule has 46 heavy (non-hydrogen) atoms. The molecule has 254 valence electrons. The van der Waals surface area contributed by atoms with E-state index in [9.17, 15) is 24.0 Å². The molecule has 0 bridgehead atoms. The van der Waals surface area contributed by atoms with Gasteiger partial charge in [-0.05, 0) is 90.0 Å². The van der Waals surface area contributed by atoms with E-state index in [-0.39, 0.29) is 25.2 Å². The fraction of sp³-hybridized carbons (Fsp3) is 0.559. The third kappa shape index (κ3) is 14.3. The van der Waals surface area contributed by atoms with Gasteiger partial charge in [-0.15, -0.1) is 0 Å². The number of hydrogen-bond donors (Lipinski definition) is 4. The van der Waals surface area contributed by atoms with Gasteiger partial charge in [0, 0.05) is 13.0 Å². The van der Waals surface area contributed by atoms with Crippen molar-refractivity contribution in [2.75, 3.05) is 13.7 Å². The summed E-state index contributed by atoms with van der Waals surface area (Å²) in [4.78, 5) is 62.9. The number of nitrogens with one attached hydrogen (secondary N) is 3. The molecule has 0 aliphatic rings. The molecule has 3 amide bonds. The number of nitrogens with two attached hydrogens (primary N) is 1. The normalized spacial score (nSPS) is 13.6. The van der Waals surface area contributed by atoms with E-state index in [1.165, 1.54) is 7.11 Å². The number of carbonyl (C=O) groups is 5. The molecule has 3 atom stereocenters. The summed E-state index contributed by atoms with van der Waals surface area (Å²) in [7, 11) is 1.20. The lowest BCUT2D eigenvalue weighted by atomic mass is 10.0. The molecule has 0 saturated carbocycles. The molecule has 0 aromatic heterocycles. The van der Waals surface area contributed by atoms with E-state index >= 15 is 0 Å². The highest BCUT2D eigenvalue weighted by Crippen LogP contribution is 2.17. The number of carbonyl (C=O) groups excluding carboxylic acids is 5. The predicted molar refractivity (Wildman–Crippen MR) is 175 cm³/mol. The number of benzene rings is 2. The Labute approximate surface area is 271 Å². The molecular weight excluding hydrogens is 592 g/mol. The molecule has 0 spiro atoms. The fourth-order valence-corrected chi connectivity index (χ4v) is 4.55. The maximum Gasteiger partial charge on any atom is 0.329 e. The van der Waals surface area contributed by atoms with E-state index in [0.29, 0.717) is 25.8 Å². The Morgan fingerprint density at radius 3 is 2.00 bits per heavy atom. The van der Waals surface area contributed by atoms with Gasteiger partial charge < -0.3 is 35.9 Å². The van der Waals surface area contributed by atoms with Gasteiger partial charge in [-0.2, -0.15) is 0 Å². The minimum absolute atomic E-state index is 0.0666. The molecule has 0 aliphatic carbocycles. The van der Waals surface area contributed by atoms with Crippen molar-refractivity contribution in [2.24, 2.45) is 5.73 Å². The van der Waals surface area contributed by atoms with Crippen LogP contribution in [-0.2, 0) is 39.8 Å². The van der Waals surface area contributed by atoms with Gasteiger partial charge in [0.25, 0.3) is 0 Å². The number of methoxy groups -OCH3 is 1. The van der Waals surface area contributed by atoms with Gasteiger partial charge in [-0.3, -0.25) is 9.59 Å². The highest BCUT2D eigenvalue weighted by Gasteiger charge is 2.30. The summed E-state index contributed by atoms with van der Waals surface area (Å²) < 4.78 is 15.6. The lowest BCUT2D eigenvalue weighted by Gasteiger charge is -2.26. The second-order valence-electron chi connectivity index (χ2n) is 13.2. The summed E-state index contributed by atoms with van der Waals surface area (Å²) >= 11 is 0. The van der Waals surface area contributed by atoms with Crippen LogP contribution in [0, 0.1) is 0 Å². The van der Waals surface area contributed by atoms with Gasteiger partial charge in [0.15, 0.2) is 0 Å². The minimum Gasteiger partial charge on any atom is -0.467 e. The number of hydrogen-bond acceptors (Lipinski definition) is 9. The van der Waals surface area contributed by atoms with E-state index in [0.717, 1.165) is 16.3 Å². The van der Waals surface area contributed by atoms with Gasteiger partial charge in [0.2, 0.25) is 5.91 Å². The van der Waals surface area contributed by atoms with Crippen molar-refractivity contribution in [3.8, 4) is 0 Å². The molecule has 0 heterocycles. The monoisotopic (exact) mass is 642 g/mol. The average Bonchev–Trinajstić information content (AvgIpc) is 2.95. The molecule has 2 aromatic carbocycles. The summed E-state index contributed by atoms with van der Waals surface area (Å²) in [6.45, 7) is 10.6. The molecule has 3 unspecified atom stereocenters. The summed E-state index contributed by atoms with van der Waals surface area (Å²) in [5.41, 5.74) is 5.57. The van der Waals surface area contributed by atoms with Crippen LogP contribution in [0.2, 0.25) is 0 Å². The van der Waals surface area contributed by atoms with Crippen molar-refractivity contribution in [2.45, 2.75) is 109 Å². The summed E-state index contributed by atoms with van der Waals surface area (Å²) in [5, 5.41) is 10.1. The Morgan fingerprint density at radius 1 is 0.783 bits per heavy atom. The van der Waals surface area contributed by atoms with Gasteiger partial charge in [-0.1, -0.05) is 42.5 Å². The molecule has 2 rings (SSSR count). The van der Waals surface area contributed by atoms with E-state index in [1.54, 1.807) is 41.5 Å². The standard InChI is InChI=1S/C34H50N4O8/c1-33(2,3)45-28(39)18-17-27(31(42)46-34(4,5)6)38-32(43)37-26(30(41)44-7)14-10-11-19-36-29(40)25(35)21-22-15-16-23-12-8-9-13-24(23)20-22/h8-9,12-13,15-16,20,25-27H,10-11,14,17-19,21,35H2,1-7H3,(H,36,40)(H2,37,38,43). The average molecular weight is 643 g/mol. The number of unbranched alkanes of at least 4 members (excludes halogenated alkanes) is 1. The number of rotatable bonds is 15. The van der Waals surface area contributed by atoms with Gasteiger partial charge in [0.05, 0.1) is 13.2 Å². The van der Waals surface area contributed by atoms with E-state index in [1.807, 2.05) is 42.5 Å². The SMILES string of the molecule is COC(=O)C(CCCCNC(=O)C(N)Cc1ccc2ccccc2c1)NC(=O)NC(CCC(=O)OC(C)(C)C)C(=O)OC(C)(C)C. The number of ether oxygens (including phenoxy) is 3. The minimum atomic E-state index is -1.17. The first kappa shape index (κ1) is 38.0. The van der Waals surface area contributed by atoms with Crippen LogP contribution in [0.15, 0.2) is 42.5 Å². The molecular formula is C34H50N4O8. The molecule has 2 aromatic rings. The van der Waals surface area contributed by atoms with E-state index in [2.05, 4.69) is 16.0 Å². The largest absolute Gasteiger partial charge is 0.467 e. The smallest absolute Gasteiger partial charge is 0.329 e. The van der Waals surface area contributed by atoms with Crippen molar-refractivity contribution in [3.63, 3.8) is 0 Å². The van der Waals surface area contributed by atoms with E-state index < -0.39 is 53.3 Å². The highest BCUT2D eigenvalue weighted by molar-refractivity contribution is 5.87. The molecule has 0 aliphatic heterocycles. The first-order valence-corrected chi connectivity index (χ1v) is 15.6. The maximum absolute atomic E-state index is 12.9. The Kier molecular flexibility index (Phi) is 14.4. The third-order valence-electron chi connectivity index (χ3n) is 6.67. The molecule has 0 fully saturated rings. The maximum atomic E-state index is 12.9. The van der Waals surface area contributed by atoms with Crippen molar-refractivity contribution in [3.05, 3.63) is 48.0 Å². The van der Waals surface area contributed by atoms with E-state index in [4.69, 9.17) is 19.9 Å². The Morgan fingerprint density at radius 2 is 1.39 bits per heavy atom. The van der Waals surface area contributed by atoms with Gasteiger partial charge >= 0.3 is 23.9 Å². The quantitative estimate of drug-likeness (QED) is 0.128. The van der Waals surface area contributed by atoms with Crippen molar-refractivity contribution < 1.29 is 38.2 Å². The second-order valence-corrected chi connectivity index (χ2v) is 13.2. The predicted octanol–water partition coefficient (Wildman–Crippen LogP) is 3.67. The molecule has 0 saturated heterocycles. The van der Waals surface area contributed by atoms with Crippen LogP contribution >= 0.6 is 0 Å². The Hall–Kier alpha value is -4.19. The number of esters is 3. The van der Waals surface area contributed by atoms with Crippen LogP contribution in [0.3, 0.4) is 0 Å². The number of urea groups is 1. The zero-order chi connectivity index (χ0) is 34.5. The first-order valence-electron chi connectivity index (χ1n) is 15.6. The van der Waals surface area contributed by atoms with Crippen LogP contribution in [0.1, 0.15) is 79.2 Å². The molecule has 12 heteroatoms. The molecule has 5 N–H and O–H groups in total. The van der Waals surface area contributed by atoms with Gasteiger partial charge in [0.1, 0.15) is 23.3 Å². The molecule has 0 radical (unpaired) electrons. The third-order valence-corrected chi connectivity index (χ3v) is 6.67. The first-order chi connectivity index (χ1) is 21.5. The topological polar surface area (TPSA) is 175 Å². The van der Waals surface area contributed by atoms with Crippen LogP contribution < -0.4 is 21.7 Å². The summed E-state index contributed by atoms with van der Waals surface area (Å²) in [6.07, 6.45) is 1.38. The zero-order valence-electron chi connectivity index (χ0n) is 28.1. The van der Waals surface area contributed by atoms with Crippen LogP contribution in [0.5, 0.6) is 0 Å². The zero-order valence-corrected chi connectivity index (χ0v) is 28.1. The lowest BCUT2D eigenvalue weighted by Crippen LogP contribution is -2.52. The lowest BCUT2D eigenvalue weighted by molar-refractivity contribution is -0.158. The van der Waals surface area contributed by atoms with Crippen molar-refractivity contribution >= 4 is 40.6 Å². The van der Waals surface area contributed by atoms with Crippen molar-refractivity contribution in [1.82, 2.24) is 16.0 Å². The number of amides is 3. The Balaban J connectivity index is 1.87. The van der Waals surface area contributed by atoms with Crippen LogP contribution in [0.25, 0.3) is 10.8 Å². The van der Waals surface area contributed by atoms with Crippen LogP contribution in [-0.4, -0.2) is 72.8 Å².